The Balaban J connectivity index is 2.09. The van der Waals surface area contributed by atoms with Gasteiger partial charge in [0, 0.05) is 0 Å². The van der Waals surface area contributed by atoms with E-state index in [0.29, 0.717) is 0 Å². The first-order chi connectivity index (χ1) is 11.1. The van der Waals surface area contributed by atoms with E-state index in [1.807, 2.05) is 0 Å². The molecule has 12 heteroatoms. The predicted molar refractivity (Wildman–Crippen MR) is 69.8 cm³/mol. The topological polar surface area (TPSA) is 210 Å². The van der Waals surface area contributed by atoms with Crippen LogP contribution in [0.15, 0.2) is 0 Å². The summed E-state index contributed by atoms with van der Waals surface area (Å²) < 4.78 is 14.5. The Morgan fingerprint density at radius 2 is 1.62 bits per heavy atom. The SMILES string of the molecule is OC[C@H]1OC(OC(O)[C@]2(O)OC[C@@H](O)[C@@H](O)[C@@H]2O)[C@H](O)[C@@H](O)[C@H]1O. The molecule has 0 aromatic carbocycles. The molecule has 142 valence electrons. The van der Waals surface area contributed by atoms with Crippen LogP contribution in [0.2, 0.25) is 0 Å². The van der Waals surface area contributed by atoms with Crippen molar-refractivity contribution in [3.05, 3.63) is 0 Å². The molecule has 2 fully saturated rings. The molecule has 12 nitrogen and oxygen atoms in total. The fraction of sp³-hybridized carbons (Fsp3) is 1.00. The monoisotopic (exact) mass is 358 g/mol. The van der Waals surface area contributed by atoms with Crippen LogP contribution in [-0.2, 0) is 14.2 Å². The fourth-order valence-corrected chi connectivity index (χ4v) is 2.48. The Hall–Kier alpha value is -0.480. The van der Waals surface area contributed by atoms with Gasteiger partial charge in [0.25, 0.3) is 0 Å². The average Bonchev–Trinajstić information content (AvgIpc) is 2.56. The lowest BCUT2D eigenvalue weighted by molar-refractivity contribution is -0.423. The number of ether oxygens (including phenoxy) is 3. The number of hydrogen-bond donors (Lipinski definition) is 9. The molecule has 2 aliphatic heterocycles. The summed E-state index contributed by atoms with van der Waals surface area (Å²) in [4.78, 5) is 0. The van der Waals surface area contributed by atoms with Gasteiger partial charge in [0.05, 0.1) is 13.2 Å². The molecule has 2 saturated heterocycles. The number of aliphatic hydroxyl groups excluding tert-OH is 8. The normalized spacial score (nSPS) is 51.4. The first kappa shape index (κ1) is 19.8. The molecule has 0 aromatic rings. The van der Waals surface area contributed by atoms with Gasteiger partial charge in [-0.1, -0.05) is 0 Å². The number of aliphatic hydroxyl groups is 9. The van der Waals surface area contributed by atoms with Crippen LogP contribution >= 0.6 is 0 Å². The summed E-state index contributed by atoms with van der Waals surface area (Å²) in [6, 6.07) is 0. The highest BCUT2D eigenvalue weighted by atomic mass is 16.8. The summed E-state index contributed by atoms with van der Waals surface area (Å²) in [5, 5.41) is 86.8. The summed E-state index contributed by atoms with van der Waals surface area (Å²) in [5.74, 6) is -2.86. The molecule has 0 amide bonds. The Morgan fingerprint density at radius 3 is 2.21 bits per heavy atom. The number of hydrogen-bond acceptors (Lipinski definition) is 12. The summed E-state index contributed by atoms with van der Waals surface area (Å²) in [7, 11) is 0. The predicted octanol–water partition coefficient (Wildman–Crippen LogP) is -6.08. The van der Waals surface area contributed by atoms with Crippen molar-refractivity contribution >= 4 is 0 Å². The lowest BCUT2D eigenvalue weighted by atomic mass is 9.96. The van der Waals surface area contributed by atoms with Crippen molar-refractivity contribution in [1.82, 2.24) is 0 Å². The van der Waals surface area contributed by atoms with Crippen LogP contribution in [0, 0.1) is 0 Å². The molecule has 10 atom stereocenters. The minimum Gasteiger partial charge on any atom is -0.394 e. The lowest BCUT2D eigenvalue weighted by Gasteiger charge is -2.46. The van der Waals surface area contributed by atoms with E-state index < -0.39 is 74.3 Å². The quantitative estimate of drug-likeness (QED) is 0.215. The fourth-order valence-electron chi connectivity index (χ4n) is 2.48. The maximum atomic E-state index is 10.1. The van der Waals surface area contributed by atoms with Gasteiger partial charge < -0.3 is 60.2 Å². The first-order valence-corrected chi connectivity index (χ1v) is 7.18. The van der Waals surface area contributed by atoms with Gasteiger partial charge in [-0.2, -0.15) is 0 Å². The third kappa shape index (κ3) is 3.41. The van der Waals surface area contributed by atoms with Crippen molar-refractivity contribution in [2.24, 2.45) is 0 Å². The third-order valence-corrected chi connectivity index (χ3v) is 4.09. The molecule has 2 aliphatic rings. The van der Waals surface area contributed by atoms with Crippen molar-refractivity contribution in [3.63, 3.8) is 0 Å². The largest absolute Gasteiger partial charge is 0.394 e. The van der Waals surface area contributed by atoms with Crippen LogP contribution in [-0.4, -0.2) is 120 Å². The highest BCUT2D eigenvalue weighted by Crippen LogP contribution is 2.30. The van der Waals surface area contributed by atoms with Crippen LogP contribution in [0.4, 0.5) is 0 Å². The van der Waals surface area contributed by atoms with Crippen LogP contribution < -0.4 is 0 Å². The Bertz CT molecular complexity index is 421. The van der Waals surface area contributed by atoms with Crippen LogP contribution in [0.1, 0.15) is 0 Å². The molecule has 0 spiro atoms. The smallest absolute Gasteiger partial charge is 0.247 e. The van der Waals surface area contributed by atoms with E-state index in [1.165, 1.54) is 0 Å². The summed E-state index contributed by atoms with van der Waals surface area (Å²) in [5.41, 5.74) is 0. The van der Waals surface area contributed by atoms with Gasteiger partial charge >= 0.3 is 0 Å². The van der Waals surface area contributed by atoms with Gasteiger partial charge in [-0.3, -0.25) is 0 Å². The third-order valence-electron chi connectivity index (χ3n) is 4.09. The van der Waals surface area contributed by atoms with Crippen LogP contribution in [0.25, 0.3) is 0 Å². The maximum Gasteiger partial charge on any atom is 0.247 e. The van der Waals surface area contributed by atoms with E-state index in [-0.39, 0.29) is 0 Å². The Morgan fingerprint density at radius 1 is 1.00 bits per heavy atom. The van der Waals surface area contributed by atoms with Gasteiger partial charge in [0.2, 0.25) is 12.1 Å². The van der Waals surface area contributed by atoms with Gasteiger partial charge in [-0.15, -0.1) is 0 Å². The molecule has 0 bridgehead atoms. The van der Waals surface area contributed by atoms with Crippen molar-refractivity contribution < 1.29 is 60.2 Å². The second-order valence-electron chi connectivity index (χ2n) is 5.75. The minimum atomic E-state index is -2.86. The zero-order chi connectivity index (χ0) is 18.2. The molecule has 2 unspecified atom stereocenters. The molecule has 0 saturated carbocycles. The molecule has 24 heavy (non-hydrogen) atoms. The Labute approximate surface area is 135 Å². The molecule has 0 aliphatic carbocycles. The van der Waals surface area contributed by atoms with Gasteiger partial charge in [-0.25, -0.2) is 0 Å². The van der Waals surface area contributed by atoms with E-state index in [4.69, 9.17) is 19.3 Å². The molecule has 2 heterocycles. The summed E-state index contributed by atoms with van der Waals surface area (Å²) in [6.45, 7) is -1.38. The highest BCUT2D eigenvalue weighted by molar-refractivity contribution is 4.94. The zero-order valence-corrected chi connectivity index (χ0v) is 12.4. The van der Waals surface area contributed by atoms with Gasteiger partial charge in [-0.05, 0) is 0 Å². The zero-order valence-electron chi connectivity index (χ0n) is 12.4. The molecule has 0 aromatic heterocycles. The van der Waals surface area contributed by atoms with Crippen molar-refractivity contribution in [2.75, 3.05) is 13.2 Å². The maximum absolute atomic E-state index is 10.1. The van der Waals surface area contributed by atoms with Crippen LogP contribution in [0.3, 0.4) is 0 Å². The van der Waals surface area contributed by atoms with E-state index in [0.717, 1.165) is 0 Å². The van der Waals surface area contributed by atoms with Crippen LogP contribution in [0.5, 0.6) is 0 Å². The van der Waals surface area contributed by atoms with Crippen molar-refractivity contribution in [3.8, 4) is 0 Å². The average molecular weight is 358 g/mol. The number of rotatable bonds is 4. The first-order valence-electron chi connectivity index (χ1n) is 7.18. The van der Waals surface area contributed by atoms with Gasteiger partial charge in [0.1, 0.15) is 42.7 Å². The molecule has 0 radical (unpaired) electrons. The van der Waals surface area contributed by atoms with E-state index >= 15 is 0 Å². The second-order valence-corrected chi connectivity index (χ2v) is 5.75. The van der Waals surface area contributed by atoms with E-state index in [9.17, 15) is 40.9 Å². The minimum absolute atomic E-state index is 0.635. The lowest BCUT2D eigenvalue weighted by Crippen LogP contribution is -2.68. The summed E-state index contributed by atoms with van der Waals surface area (Å²) >= 11 is 0. The Kier molecular flexibility index (Phi) is 6.12. The standard InChI is InChI=1S/C12H22O12/c13-1-4-6(16)7(17)8(18)10(23-4)24-11(20)12(21)9(19)5(15)3(14)2-22-12/h3-11,13-21H,1-2H2/t3-,4-,5-,6+,7+,8-,9+,10?,11?,12-/m1/s1. The molecule has 2 rings (SSSR count). The summed E-state index contributed by atoms with van der Waals surface area (Å²) in [6.07, 6.45) is -16.3. The van der Waals surface area contributed by atoms with E-state index in [2.05, 4.69) is 0 Å². The van der Waals surface area contributed by atoms with E-state index in [1.54, 1.807) is 0 Å². The molecule has 9 N–H and O–H groups in total. The molecular weight excluding hydrogens is 336 g/mol. The molecular formula is C12H22O12. The second kappa shape index (κ2) is 7.41. The highest BCUT2D eigenvalue weighted by Gasteiger charge is 2.55. The van der Waals surface area contributed by atoms with Crippen molar-refractivity contribution in [1.29, 1.82) is 0 Å². The van der Waals surface area contributed by atoms with Gasteiger partial charge in [0.15, 0.2) is 6.29 Å². The van der Waals surface area contributed by atoms with Crippen molar-refractivity contribution in [2.45, 2.75) is 61.1 Å².